The number of guanidine groups is 1. The second-order valence-corrected chi connectivity index (χ2v) is 8.77. The van der Waals surface area contributed by atoms with Crippen molar-refractivity contribution in [3.05, 3.63) is 0 Å². The van der Waals surface area contributed by atoms with Gasteiger partial charge in [0.25, 0.3) is 0 Å². The van der Waals surface area contributed by atoms with E-state index in [0.717, 1.165) is 64.0 Å². The molecule has 4 aliphatic rings. The van der Waals surface area contributed by atoms with E-state index in [1.165, 1.54) is 32.1 Å². The first-order valence-electron chi connectivity index (χ1n) is 10.7. The van der Waals surface area contributed by atoms with Crippen molar-refractivity contribution in [2.75, 3.05) is 45.8 Å². The summed E-state index contributed by atoms with van der Waals surface area (Å²) in [5.41, 5.74) is 0.531. The first kappa shape index (κ1) is 21.1. The van der Waals surface area contributed by atoms with Crippen LogP contribution in [-0.2, 0) is 4.79 Å². The fraction of sp³-hybridized carbons (Fsp3) is 0.900. The van der Waals surface area contributed by atoms with Crippen molar-refractivity contribution in [2.45, 2.75) is 57.9 Å². The van der Waals surface area contributed by atoms with Gasteiger partial charge in [0.2, 0.25) is 5.91 Å². The third kappa shape index (κ3) is 5.49. The van der Waals surface area contributed by atoms with Crippen LogP contribution >= 0.6 is 24.0 Å². The molecule has 0 aromatic heterocycles. The Labute approximate surface area is 180 Å². The number of nitrogens with zero attached hydrogens (tertiary/aromatic N) is 3. The molecule has 1 aliphatic heterocycles. The van der Waals surface area contributed by atoms with Gasteiger partial charge < -0.3 is 15.5 Å². The van der Waals surface area contributed by atoms with Gasteiger partial charge in [-0.05, 0) is 56.8 Å². The van der Waals surface area contributed by atoms with E-state index in [1.807, 2.05) is 0 Å². The van der Waals surface area contributed by atoms with Gasteiger partial charge in [-0.1, -0.05) is 6.42 Å². The minimum atomic E-state index is 0. The zero-order valence-corrected chi connectivity index (χ0v) is 19.0. The van der Waals surface area contributed by atoms with E-state index < -0.39 is 0 Å². The molecule has 6 nitrogen and oxygen atoms in total. The Bertz CT molecular complexity index is 534. The first-order chi connectivity index (χ1) is 12.7. The van der Waals surface area contributed by atoms with Gasteiger partial charge in [-0.2, -0.15) is 0 Å². The lowest BCUT2D eigenvalue weighted by Crippen LogP contribution is -2.54. The topological polar surface area (TPSA) is 60.0 Å². The van der Waals surface area contributed by atoms with E-state index in [0.29, 0.717) is 18.0 Å². The van der Waals surface area contributed by atoms with Gasteiger partial charge in [-0.15, -0.1) is 24.0 Å². The number of piperazine rings is 1. The second kappa shape index (κ2) is 9.29. The zero-order valence-electron chi connectivity index (χ0n) is 16.7. The summed E-state index contributed by atoms with van der Waals surface area (Å²) in [6.07, 6.45) is 9.31. The van der Waals surface area contributed by atoms with Crippen molar-refractivity contribution in [1.29, 1.82) is 0 Å². The van der Waals surface area contributed by atoms with Crippen LogP contribution in [0.1, 0.15) is 51.9 Å². The van der Waals surface area contributed by atoms with Crippen molar-refractivity contribution < 1.29 is 4.79 Å². The van der Waals surface area contributed by atoms with Crippen molar-refractivity contribution in [1.82, 2.24) is 20.4 Å². The Morgan fingerprint density at radius 1 is 1.11 bits per heavy atom. The van der Waals surface area contributed by atoms with Gasteiger partial charge in [0.15, 0.2) is 5.96 Å². The molecule has 1 saturated heterocycles. The second-order valence-electron chi connectivity index (χ2n) is 8.77. The van der Waals surface area contributed by atoms with Crippen LogP contribution in [0.3, 0.4) is 0 Å². The molecule has 0 radical (unpaired) electrons. The Morgan fingerprint density at radius 2 is 1.81 bits per heavy atom. The molecule has 0 atom stereocenters. The molecule has 4 fully saturated rings. The number of nitrogens with one attached hydrogen (secondary N) is 2. The Hall–Kier alpha value is -0.570. The van der Waals surface area contributed by atoms with Crippen LogP contribution in [0.15, 0.2) is 4.99 Å². The third-order valence-corrected chi connectivity index (χ3v) is 6.65. The maximum atomic E-state index is 12.0. The van der Waals surface area contributed by atoms with Gasteiger partial charge in [0.1, 0.15) is 0 Å². The minimum Gasteiger partial charge on any atom is -0.357 e. The smallest absolute Gasteiger partial charge is 0.234 e. The minimum absolute atomic E-state index is 0. The highest BCUT2D eigenvalue weighted by Gasteiger charge is 2.48. The summed E-state index contributed by atoms with van der Waals surface area (Å²) in [6, 6.07) is 0.460. The van der Waals surface area contributed by atoms with Gasteiger partial charge in [-0.25, -0.2) is 0 Å². The molecule has 3 saturated carbocycles. The Balaban J connectivity index is 0.00000210. The highest BCUT2D eigenvalue weighted by atomic mass is 127. The molecule has 7 heteroatoms. The average molecular weight is 489 g/mol. The molecule has 1 amide bonds. The number of halogens is 1. The normalized spacial score (nSPS) is 25.4. The molecule has 2 N–H and O–H groups in total. The zero-order chi connectivity index (χ0) is 18.0. The van der Waals surface area contributed by atoms with Gasteiger partial charge >= 0.3 is 0 Å². The van der Waals surface area contributed by atoms with Crippen LogP contribution < -0.4 is 10.6 Å². The van der Waals surface area contributed by atoms with Crippen LogP contribution in [0.5, 0.6) is 0 Å². The van der Waals surface area contributed by atoms with E-state index in [4.69, 9.17) is 4.99 Å². The molecule has 0 aromatic carbocycles. The summed E-state index contributed by atoms with van der Waals surface area (Å²) < 4.78 is 0. The molecule has 3 aliphatic carbocycles. The maximum absolute atomic E-state index is 12.0. The molecule has 1 heterocycles. The molecule has 0 spiro atoms. The van der Waals surface area contributed by atoms with Crippen LogP contribution in [-0.4, -0.2) is 73.5 Å². The van der Waals surface area contributed by atoms with Gasteiger partial charge in [0, 0.05) is 45.3 Å². The fourth-order valence-electron chi connectivity index (χ4n) is 4.50. The Morgan fingerprint density at radius 3 is 2.33 bits per heavy atom. The number of hydrogen-bond donors (Lipinski definition) is 2. The number of rotatable bonds is 7. The van der Waals surface area contributed by atoms with Crippen LogP contribution in [0.4, 0.5) is 0 Å². The molecular weight excluding hydrogens is 453 g/mol. The largest absolute Gasteiger partial charge is 0.357 e. The lowest BCUT2D eigenvalue weighted by atomic mass is 9.65. The van der Waals surface area contributed by atoms with Crippen LogP contribution in [0, 0.1) is 11.3 Å². The summed E-state index contributed by atoms with van der Waals surface area (Å²) >= 11 is 0. The molecule has 154 valence electrons. The van der Waals surface area contributed by atoms with E-state index in [9.17, 15) is 4.79 Å². The lowest BCUT2D eigenvalue weighted by Gasteiger charge is -2.42. The summed E-state index contributed by atoms with van der Waals surface area (Å²) in [5.74, 6) is 2.23. The van der Waals surface area contributed by atoms with Gasteiger partial charge in [0.05, 0.1) is 6.54 Å². The molecule has 0 unspecified atom stereocenters. The molecule has 4 rings (SSSR count). The molecule has 0 bridgehead atoms. The van der Waals surface area contributed by atoms with E-state index in [1.54, 1.807) is 0 Å². The number of hydrogen-bond acceptors (Lipinski definition) is 3. The van der Waals surface area contributed by atoms with Crippen LogP contribution in [0.2, 0.25) is 0 Å². The van der Waals surface area contributed by atoms with Crippen molar-refractivity contribution >= 4 is 35.8 Å². The quantitative estimate of drug-likeness (QED) is 0.327. The van der Waals surface area contributed by atoms with Crippen molar-refractivity contribution in [3.8, 4) is 0 Å². The standard InChI is InChI=1S/C20H35N5O.HI/c1-2-21-19(22-15-20(8-3-9-20)16-4-5-16)25-12-10-24(11-13-25)14-18(26)23-17-6-7-17;/h16-17H,2-15H2,1H3,(H,21,22)(H,23,26);1H. The first-order valence-corrected chi connectivity index (χ1v) is 10.7. The third-order valence-electron chi connectivity index (χ3n) is 6.65. The van der Waals surface area contributed by atoms with Crippen LogP contribution in [0.25, 0.3) is 0 Å². The van der Waals surface area contributed by atoms with E-state index >= 15 is 0 Å². The van der Waals surface area contributed by atoms with Gasteiger partial charge in [-0.3, -0.25) is 14.7 Å². The molecule has 27 heavy (non-hydrogen) atoms. The van der Waals surface area contributed by atoms with E-state index in [2.05, 4.69) is 27.4 Å². The summed E-state index contributed by atoms with van der Waals surface area (Å²) in [5, 5.41) is 6.59. The average Bonchev–Trinajstić information content (AvgIpc) is 3.48. The van der Waals surface area contributed by atoms with Crippen molar-refractivity contribution in [3.63, 3.8) is 0 Å². The number of carbonyl (C=O) groups excluding carboxylic acids is 1. The monoisotopic (exact) mass is 489 g/mol. The Kier molecular flexibility index (Phi) is 7.27. The summed E-state index contributed by atoms with van der Waals surface area (Å²) in [4.78, 5) is 21.7. The lowest BCUT2D eigenvalue weighted by molar-refractivity contribution is -0.122. The summed E-state index contributed by atoms with van der Waals surface area (Å²) in [6.45, 7) is 8.41. The van der Waals surface area contributed by atoms with E-state index in [-0.39, 0.29) is 29.9 Å². The maximum Gasteiger partial charge on any atom is 0.234 e. The summed E-state index contributed by atoms with van der Waals surface area (Å²) in [7, 11) is 0. The van der Waals surface area contributed by atoms with Crippen molar-refractivity contribution in [2.24, 2.45) is 16.3 Å². The number of aliphatic imine (C=N–C) groups is 1. The highest BCUT2D eigenvalue weighted by Crippen LogP contribution is 2.57. The predicted molar refractivity (Wildman–Crippen MR) is 120 cm³/mol. The fourth-order valence-corrected chi connectivity index (χ4v) is 4.50. The molecular formula is C20H36IN5O. The number of carbonyl (C=O) groups is 1. The highest BCUT2D eigenvalue weighted by molar-refractivity contribution is 14.0. The number of amides is 1. The SMILES string of the molecule is CCNC(=NCC1(C2CC2)CCC1)N1CCN(CC(=O)NC2CC2)CC1.I. The predicted octanol–water partition coefficient (Wildman–Crippen LogP) is 2.05. The molecule has 0 aromatic rings.